The topological polar surface area (TPSA) is 54.4 Å². The van der Waals surface area contributed by atoms with Crippen LogP contribution in [0.3, 0.4) is 0 Å². The summed E-state index contributed by atoms with van der Waals surface area (Å²) in [6.45, 7) is 2.07. The fourth-order valence-corrected chi connectivity index (χ4v) is 2.40. The lowest BCUT2D eigenvalue weighted by molar-refractivity contribution is -0.138. The fraction of sp³-hybridized carbons (Fsp3) is 0.692. The zero-order valence-electron chi connectivity index (χ0n) is 9.82. The fourth-order valence-electron chi connectivity index (χ4n) is 2.40. The van der Waals surface area contributed by atoms with E-state index in [2.05, 4.69) is 19.1 Å². The first kappa shape index (κ1) is 12.9. The molecule has 0 aromatic heterocycles. The Kier molecular flexibility index (Phi) is 5.23. The molecule has 1 rings (SSSR count). The molecule has 0 aliphatic heterocycles. The van der Waals surface area contributed by atoms with Crippen molar-refractivity contribution in [2.45, 2.75) is 45.4 Å². The summed E-state index contributed by atoms with van der Waals surface area (Å²) in [5.74, 6) is -0.470. The van der Waals surface area contributed by atoms with Crippen LogP contribution in [0.15, 0.2) is 12.2 Å². The van der Waals surface area contributed by atoms with E-state index in [4.69, 9.17) is 5.11 Å². The number of aliphatic carboxylic acids is 1. The summed E-state index contributed by atoms with van der Waals surface area (Å²) in [5.41, 5.74) is 0. The first-order chi connectivity index (χ1) is 7.65. The smallest absolute Gasteiger partial charge is 0.303 e. The number of Topliss-reactive ketones (excluding diaryl/α,β-unsaturated/α-hetero) is 1. The summed E-state index contributed by atoms with van der Waals surface area (Å²) < 4.78 is 0. The molecular formula is C13H20O3. The Balaban J connectivity index is 2.43. The summed E-state index contributed by atoms with van der Waals surface area (Å²) in [7, 11) is 0. The van der Waals surface area contributed by atoms with Crippen LogP contribution in [0, 0.1) is 11.8 Å². The van der Waals surface area contributed by atoms with E-state index in [9.17, 15) is 9.59 Å². The van der Waals surface area contributed by atoms with E-state index >= 15 is 0 Å². The number of hydrogen-bond donors (Lipinski definition) is 1. The highest BCUT2D eigenvalue weighted by Crippen LogP contribution is 2.34. The average Bonchev–Trinajstić information content (AvgIpc) is 2.55. The number of carbonyl (C=O) groups is 2. The summed E-state index contributed by atoms with van der Waals surface area (Å²) in [6.07, 6.45) is 8.36. The van der Waals surface area contributed by atoms with Gasteiger partial charge in [-0.25, -0.2) is 0 Å². The first-order valence-electron chi connectivity index (χ1n) is 6.04. The highest BCUT2D eigenvalue weighted by atomic mass is 16.4. The Morgan fingerprint density at radius 3 is 2.88 bits per heavy atom. The minimum absolute atomic E-state index is 0.0161. The molecule has 0 aromatic carbocycles. The van der Waals surface area contributed by atoms with Gasteiger partial charge in [0.2, 0.25) is 0 Å². The number of carboxylic acid groups (broad SMARTS) is 1. The van der Waals surface area contributed by atoms with Crippen LogP contribution >= 0.6 is 0 Å². The SMILES string of the molecule is CCC=CCCC1C(=O)CCC1CC(=O)O. The maximum atomic E-state index is 11.6. The Bertz CT molecular complexity index is 281. The van der Waals surface area contributed by atoms with Crippen molar-refractivity contribution in [3.05, 3.63) is 12.2 Å². The lowest BCUT2D eigenvalue weighted by atomic mass is 9.88. The standard InChI is InChI=1S/C13H20O3/c1-2-3-4-5-6-11-10(9-13(15)16)7-8-12(11)14/h3-4,10-11H,2,5-9H2,1H3,(H,15,16). The predicted molar refractivity (Wildman–Crippen MR) is 62.1 cm³/mol. The molecule has 90 valence electrons. The van der Waals surface area contributed by atoms with Crippen LogP contribution in [0.2, 0.25) is 0 Å². The van der Waals surface area contributed by atoms with Crippen molar-refractivity contribution in [1.82, 2.24) is 0 Å². The zero-order chi connectivity index (χ0) is 12.0. The van der Waals surface area contributed by atoms with Gasteiger partial charge in [0, 0.05) is 18.8 Å². The third kappa shape index (κ3) is 3.80. The molecule has 0 saturated heterocycles. The van der Waals surface area contributed by atoms with Gasteiger partial charge in [0.25, 0.3) is 0 Å². The van der Waals surface area contributed by atoms with Crippen LogP contribution in [0.5, 0.6) is 0 Å². The molecule has 2 unspecified atom stereocenters. The second kappa shape index (κ2) is 6.46. The van der Waals surface area contributed by atoms with Gasteiger partial charge in [0.05, 0.1) is 0 Å². The van der Waals surface area contributed by atoms with Crippen molar-refractivity contribution < 1.29 is 14.7 Å². The maximum Gasteiger partial charge on any atom is 0.303 e. The molecule has 0 amide bonds. The molecule has 3 heteroatoms. The molecule has 1 fully saturated rings. The van der Waals surface area contributed by atoms with Gasteiger partial charge in [-0.1, -0.05) is 19.1 Å². The predicted octanol–water partition coefficient (Wildman–Crippen LogP) is 2.80. The lowest BCUT2D eigenvalue weighted by Gasteiger charge is -2.15. The highest BCUT2D eigenvalue weighted by molar-refractivity contribution is 5.84. The molecule has 0 bridgehead atoms. The summed E-state index contributed by atoms with van der Waals surface area (Å²) in [4.78, 5) is 22.3. The molecule has 3 nitrogen and oxygen atoms in total. The largest absolute Gasteiger partial charge is 0.481 e. The van der Waals surface area contributed by atoms with Gasteiger partial charge >= 0.3 is 5.97 Å². The normalized spacial score (nSPS) is 25.4. The molecule has 0 radical (unpaired) electrons. The Hall–Kier alpha value is -1.12. The molecule has 0 heterocycles. The molecule has 1 N–H and O–H groups in total. The molecule has 1 aliphatic rings. The highest BCUT2D eigenvalue weighted by Gasteiger charge is 2.34. The Labute approximate surface area is 96.5 Å². The number of carbonyl (C=O) groups excluding carboxylic acids is 1. The molecule has 2 atom stereocenters. The summed E-state index contributed by atoms with van der Waals surface area (Å²) in [5, 5.41) is 8.76. The maximum absolute atomic E-state index is 11.6. The Morgan fingerprint density at radius 2 is 2.25 bits per heavy atom. The molecule has 0 aromatic rings. The minimum atomic E-state index is -0.784. The van der Waals surface area contributed by atoms with Gasteiger partial charge in [0.15, 0.2) is 0 Å². The van der Waals surface area contributed by atoms with E-state index < -0.39 is 5.97 Å². The summed E-state index contributed by atoms with van der Waals surface area (Å²) in [6, 6.07) is 0. The Morgan fingerprint density at radius 1 is 1.50 bits per heavy atom. The monoisotopic (exact) mass is 224 g/mol. The number of ketones is 1. The van der Waals surface area contributed by atoms with Gasteiger partial charge in [-0.2, -0.15) is 0 Å². The van der Waals surface area contributed by atoms with Gasteiger partial charge < -0.3 is 5.11 Å². The quantitative estimate of drug-likeness (QED) is 0.706. The molecule has 1 aliphatic carbocycles. The number of hydrogen-bond acceptors (Lipinski definition) is 2. The second-order valence-electron chi connectivity index (χ2n) is 4.43. The third-order valence-corrected chi connectivity index (χ3v) is 3.23. The third-order valence-electron chi connectivity index (χ3n) is 3.23. The van der Waals surface area contributed by atoms with E-state index in [-0.39, 0.29) is 24.0 Å². The lowest BCUT2D eigenvalue weighted by Crippen LogP contribution is -2.17. The molecule has 1 saturated carbocycles. The first-order valence-corrected chi connectivity index (χ1v) is 6.04. The van der Waals surface area contributed by atoms with Crippen molar-refractivity contribution in [3.8, 4) is 0 Å². The van der Waals surface area contributed by atoms with Gasteiger partial charge in [0.1, 0.15) is 5.78 Å². The molecular weight excluding hydrogens is 204 g/mol. The zero-order valence-corrected chi connectivity index (χ0v) is 9.82. The minimum Gasteiger partial charge on any atom is -0.481 e. The van der Waals surface area contributed by atoms with Crippen molar-refractivity contribution in [2.24, 2.45) is 11.8 Å². The molecule has 0 spiro atoms. The van der Waals surface area contributed by atoms with Crippen LogP contribution in [-0.4, -0.2) is 16.9 Å². The van der Waals surface area contributed by atoms with E-state index in [1.165, 1.54) is 0 Å². The van der Waals surface area contributed by atoms with Crippen LogP contribution < -0.4 is 0 Å². The van der Waals surface area contributed by atoms with E-state index in [1.54, 1.807) is 0 Å². The van der Waals surface area contributed by atoms with Gasteiger partial charge in [-0.3, -0.25) is 9.59 Å². The average molecular weight is 224 g/mol. The number of rotatable bonds is 6. The van der Waals surface area contributed by atoms with Crippen molar-refractivity contribution in [1.29, 1.82) is 0 Å². The van der Waals surface area contributed by atoms with E-state index in [0.29, 0.717) is 6.42 Å². The van der Waals surface area contributed by atoms with E-state index in [0.717, 1.165) is 25.7 Å². The van der Waals surface area contributed by atoms with Crippen molar-refractivity contribution in [3.63, 3.8) is 0 Å². The van der Waals surface area contributed by atoms with Crippen LogP contribution in [0.1, 0.15) is 45.4 Å². The van der Waals surface area contributed by atoms with Crippen LogP contribution in [0.4, 0.5) is 0 Å². The van der Waals surface area contributed by atoms with Crippen molar-refractivity contribution in [2.75, 3.05) is 0 Å². The number of allylic oxidation sites excluding steroid dienone is 2. The van der Waals surface area contributed by atoms with Crippen molar-refractivity contribution >= 4 is 11.8 Å². The van der Waals surface area contributed by atoms with Gasteiger partial charge in [-0.15, -0.1) is 0 Å². The second-order valence-corrected chi connectivity index (χ2v) is 4.43. The van der Waals surface area contributed by atoms with E-state index in [1.807, 2.05) is 0 Å². The van der Waals surface area contributed by atoms with Crippen LogP contribution in [-0.2, 0) is 9.59 Å². The number of carboxylic acids is 1. The summed E-state index contributed by atoms with van der Waals surface area (Å²) >= 11 is 0. The van der Waals surface area contributed by atoms with Gasteiger partial charge in [-0.05, 0) is 31.6 Å². The van der Waals surface area contributed by atoms with Crippen LogP contribution in [0.25, 0.3) is 0 Å². The molecule has 16 heavy (non-hydrogen) atoms.